The van der Waals surface area contributed by atoms with Gasteiger partial charge in [-0.2, -0.15) is 0 Å². The number of allylic oxidation sites excluding steroid dienone is 1. The van der Waals surface area contributed by atoms with Gasteiger partial charge in [-0.05, 0) is 37.1 Å². The lowest BCUT2D eigenvalue weighted by Gasteiger charge is -2.12. The molecule has 0 heterocycles. The maximum atomic E-state index is 5.10. The molecule has 14 heavy (non-hydrogen) atoms. The van der Waals surface area contributed by atoms with Crippen molar-refractivity contribution in [2.24, 2.45) is 0 Å². The average molecular weight is 189 g/mol. The van der Waals surface area contributed by atoms with Crippen LogP contribution in [0, 0.1) is 0 Å². The molecule has 1 atom stereocenters. The predicted octanol–water partition coefficient (Wildman–Crippen LogP) is 2.83. The summed E-state index contributed by atoms with van der Waals surface area (Å²) < 4.78 is 5.10. The molecule has 1 N–H and O–H groups in total. The maximum Gasteiger partial charge on any atom is 0.119 e. The molecule has 1 aliphatic rings. The van der Waals surface area contributed by atoms with Crippen molar-refractivity contribution in [2.75, 3.05) is 12.4 Å². The average Bonchev–Trinajstić information content (AvgIpc) is 2.72. The van der Waals surface area contributed by atoms with Crippen LogP contribution in [0.2, 0.25) is 0 Å². The number of hydrogen-bond acceptors (Lipinski definition) is 2. The van der Waals surface area contributed by atoms with Gasteiger partial charge >= 0.3 is 0 Å². The molecule has 0 aliphatic heterocycles. The normalized spacial score (nSPS) is 19.6. The van der Waals surface area contributed by atoms with Gasteiger partial charge in [0, 0.05) is 11.7 Å². The van der Waals surface area contributed by atoms with Crippen LogP contribution in [0.25, 0.3) is 0 Å². The second kappa shape index (κ2) is 4.18. The standard InChI is InChI=1S/C12H15NO/c1-14-12-8-6-11(7-9-12)13-10-4-2-3-5-10/h2,4,6-10,13H,3,5H2,1H3. The highest BCUT2D eigenvalue weighted by molar-refractivity contribution is 5.48. The first-order valence-electron chi connectivity index (χ1n) is 4.96. The smallest absolute Gasteiger partial charge is 0.119 e. The van der Waals surface area contributed by atoms with Gasteiger partial charge < -0.3 is 10.1 Å². The monoisotopic (exact) mass is 189 g/mol. The van der Waals surface area contributed by atoms with Gasteiger partial charge in [0.05, 0.1) is 7.11 Å². The van der Waals surface area contributed by atoms with Crippen molar-refractivity contribution in [3.05, 3.63) is 36.4 Å². The maximum absolute atomic E-state index is 5.10. The summed E-state index contributed by atoms with van der Waals surface area (Å²) in [5, 5.41) is 3.45. The van der Waals surface area contributed by atoms with Crippen LogP contribution in [0.4, 0.5) is 5.69 Å². The molecule has 0 saturated heterocycles. The number of nitrogens with one attached hydrogen (secondary N) is 1. The van der Waals surface area contributed by atoms with Crippen molar-refractivity contribution in [1.82, 2.24) is 0 Å². The molecular weight excluding hydrogens is 174 g/mol. The lowest BCUT2D eigenvalue weighted by Crippen LogP contribution is -2.12. The molecule has 74 valence electrons. The highest BCUT2D eigenvalue weighted by Crippen LogP contribution is 2.19. The Kier molecular flexibility index (Phi) is 2.73. The predicted molar refractivity (Wildman–Crippen MR) is 58.8 cm³/mol. The highest BCUT2D eigenvalue weighted by atomic mass is 16.5. The van der Waals surface area contributed by atoms with Crippen molar-refractivity contribution in [1.29, 1.82) is 0 Å². The van der Waals surface area contributed by atoms with Crippen molar-refractivity contribution >= 4 is 5.69 Å². The van der Waals surface area contributed by atoms with Crippen LogP contribution >= 0.6 is 0 Å². The number of rotatable bonds is 3. The third-order valence-corrected chi connectivity index (χ3v) is 2.45. The van der Waals surface area contributed by atoms with Gasteiger partial charge in [-0.15, -0.1) is 0 Å². The van der Waals surface area contributed by atoms with E-state index in [1.165, 1.54) is 12.8 Å². The van der Waals surface area contributed by atoms with E-state index in [1.54, 1.807) is 7.11 Å². The first kappa shape index (κ1) is 9.13. The van der Waals surface area contributed by atoms with Crippen molar-refractivity contribution < 1.29 is 4.74 Å². The molecule has 0 spiro atoms. The molecule has 1 unspecified atom stereocenters. The lowest BCUT2D eigenvalue weighted by molar-refractivity contribution is 0.415. The summed E-state index contributed by atoms with van der Waals surface area (Å²) in [4.78, 5) is 0. The molecular formula is C12H15NO. The first-order valence-corrected chi connectivity index (χ1v) is 4.96. The van der Waals surface area contributed by atoms with Crippen LogP contribution in [0.15, 0.2) is 36.4 Å². The number of hydrogen-bond donors (Lipinski definition) is 1. The van der Waals surface area contributed by atoms with E-state index in [-0.39, 0.29) is 0 Å². The fraction of sp³-hybridized carbons (Fsp3) is 0.333. The molecule has 0 amide bonds. The molecule has 1 aromatic rings. The second-order valence-electron chi connectivity index (χ2n) is 3.48. The quantitative estimate of drug-likeness (QED) is 0.738. The Bertz CT molecular complexity index is 316. The first-order chi connectivity index (χ1) is 6.88. The molecule has 0 bridgehead atoms. The van der Waals surface area contributed by atoms with Crippen molar-refractivity contribution in [3.8, 4) is 5.75 Å². The zero-order chi connectivity index (χ0) is 9.80. The highest BCUT2D eigenvalue weighted by Gasteiger charge is 2.07. The number of anilines is 1. The van der Waals surface area contributed by atoms with Crippen molar-refractivity contribution in [3.63, 3.8) is 0 Å². The van der Waals surface area contributed by atoms with E-state index in [0.29, 0.717) is 6.04 Å². The Morgan fingerprint density at radius 2 is 2.07 bits per heavy atom. The minimum atomic E-state index is 0.503. The van der Waals surface area contributed by atoms with Crippen LogP contribution in [0.1, 0.15) is 12.8 Å². The number of methoxy groups -OCH3 is 1. The third kappa shape index (κ3) is 2.08. The molecule has 2 heteroatoms. The molecule has 2 nitrogen and oxygen atoms in total. The Balaban J connectivity index is 1.99. The third-order valence-electron chi connectivity index (χ3n) is 2.45. The van der Waals surface area contributed by atoms with Crippen LogP contribution in [0.5, 0.6) is 5.75 Å². The fourth-order valence-corrected chi connectivity index (χ4v) is 1.65. The largest absolute Gasteiger partial charge is 0.497 e. The van der Waals surface area contributed by atoms with E-state index in [0.717, 1.165) is 11.4 Å². The number of benzene rings is 1. The van der Waals surface area contributed by atoms with Gasteiger partial charge in [-0.25, -0.2) is 0 Å². The molecule has 2 rings (SSSR count). The zero-order valence-electron chi connectivity index (χ0n) is 8.36. The van der Waals surface area contributed by atoms with Crippen LogP contribution in [0.3, 0.4) is 0 Å². The van der Waals surface area contributed by atoms with Crippen LogP contribution in [-0.2, 0) is 0 Å². The van der Waals surface area contributed by atoms with Gasteiger partial charge in [0.2, 0.25) is 0 Å². The SMILES string of the molecule is COc1ccc(NC2C=CCC2)cc1. The summed E-state index contributed by atoms with van der Waals surface area (Å²) in [6.45, 7) is 0. The summed E-state index contributed by atoms with van der Waals surface area (Å²) in [5.74, 6) is 0.900. The second-order valence-corrected chi connectivity index (χ2v) is 3.48. The zero-order valence-corrected chi connectivity index (χ0v) is 8.36. The van der Waals surface area contributed by atoms with E-state index in [4.69, 9.17) is 4.74 Å². The van der Waals surface area contributed by atoms with E-state index >= 15 is 0 Å². The number of ether oxygens (including phenoxy) is 1. The van der Waals surface area contributed by atoms with Crippen molar-refractivity contribution in [2.45, 2.75) is 18.9 Å². The Labute approximate surface area is 84.6 Å². The molecule has 1 aromatic carbocycles. The molecule has 1 aliphatic carbocycles. The summed E-state index contributed by atoms with van der Waals surface area (Å²) in [5.41, 5.74) is 1.15. The molecule has 0 aromatic heterocycles. The minimum Gasteiger partial charge on any atom is -0.497 e. The molecule has 0 fully saturated rings. The Morgan fingerprint density at radius 1 is 1.29 bits per heavy atom. The summed E-state index contributed by atoms with van der Waals surface area (Å²) >= 11 is 0. The van der Waals surface area contributed by atoms with E-state index in [2.05, 4.69) is 17.5 Å². The van der Waals surface area contributed by atoms with Gasteiger partial charge in [0.25, 0.3) is 0 Å². The fourth-order valence-electron chi connectivity index (χ4n) is 1.65. The van der Waals surface area contributed by atoms with E-state index in [1.807, 2.05) is 24.3 Å². The van der Waals surface area contributed by atoms with E-state index in [9.17, 15) is 0 Å². The minimum absolute atomic E-state index is 0.503. The van der Waals surface area contributed by atoms with E-state index < -0.39 is 0 Å². The van der Waals surface area contributed by atoms with Gasteiger partial charge in [-0.3, -0.25) is 0 Å². The Morgan fingerprint density at radius 3 is 2.64 bits per heavy atom. The molecule has 0 saturated carbocycles. The summed E-state index contributed by atoms with van der Waals surface area (Å²) in [6, 6.07) is 8.54. The van der Waals surface area contributed by atoms with Gasteiger partial charge in [-0.1, -0.05) is 12.2 Å². The van der Waals surface area contributed by atoms with Crippen LogP contribution in [-0.4, -0.2) is 13.2 Å². The summed E-state index contributed by atoms with van der Waals surface area (Å²) in [7, 11) is 1.68. The lowest BCUT2D eigenvalue weighted by atomic mass is 10.2. The van der Waals surface area contributed by atoms with Crippen LogP contribution < -0.4 is 10.1 Å². The molecule has 0 radical (unpaired) electrons. The van der Waals surface area contributed by atoms with Gasteiger partial charge in [0.15, 0.2) is 0 Å². The topological polar surface area (TPSA) is 21.3 Å². The Hall–Kier alpha value is -1.44. The summed E-state index contributed by atoms with van der Waals surface area (Å²) in [6.07, 6.45) is 6.84. The van der Waals surface area contributed by atoms with Gasteiger partial charge in [0.1, 0.15) is 5.75 Å².